The second-order valence-electron chi connectivity index (χ2n) is 12.1. The molecule has 0 saturated carbocycles. The molecule has 4 aliphatic heterocycles. The van der Waals surface area contributed by atoms with Crippen molar-refractivity contribution >= 4 is 27.5 Å². The van der Waals surface area contributed by atoms with E-state index in [-0.39, 0.29) is 11.3 Å². The van der Waals surface area contributed by atoms with E-state index in [0.717, 1.165) is 57.4 Å². The minimum absolute atomic E-state index is 0.132. The number of aromatic hydroxyl groups is 1. The van der Waals surface area contributed by atoms with Gasteiger partial charge in [0.05, 0.1) is 5.54 Å². The number of H-pyrrole nitrogens is 1. The van der Waals surface area contributed by atoms with Crippen LogP contribution in [0.2, 0.25) is 0 Å². The SMILES string of the molecule is C#Cc1cccc2cc(O)cc(-c3n[nH]c4c(N5CC6CCC(C5)N6)nc(OCC56CCCN5CCC6)cc34)c12. The number of fused-ring (bicyclic) bond motifs is 5. The summed E-state index contributed by atoms with van der Waals surface area (Å²) in [6.07, 6.45) is 13.1. The smallest absolute Gasteiger partial charge is 0.216 e. The van der Waals surface area contributed by atoms with Crippen LogP contribution < -0.4 is 15.0 Å². The van der Waals surface area contributed by atoms with Gasteiger partial charge < -0.3 is 20.1 Å². The molecular formula is C32H34N6O2. The number of ether oxygens (including phenoxy) is 1. The van der Waals surface area contributed by atoms with Crippen molar-refractivity contribution in [1.82, 2.24) is 25.4 Å². The van der Waals surface area contributed by atoms with Crippen molar-refractivity contribution in [2.24, 2.45) is 0 Å². The molecule has 8 nitrogen and oxygen atoms in total. The highest BCUT2D eigenvalue weighted by atomic mass is 16.5. The lowest BCUT2D eigenvalue weighted by Gasteiger charge is -2.34. The van der Waals surface area contributed by atoms with Crippen molar-refractivity contribution in [2.75, 3.05) is 37.7 Å². The molecule has 2 atom stereocenters. The number of benzene rings is 2. The fourth-order valence-electron chi connectivity index (χ4n) is 7.84. The number of nitrogens with one attached hydrogen (secondary N) is 2. The number of aromatic nitrogens is 3. The fourth-order valence-corrected chi connectivity index (χ4v) is 7.84. The Morgan fingerprint density at radius 3 is 2.67 bits per heavy atom. The molecule has 2 bridgehead atoms. The number of piperazine rings is 1. The van der Waals surface area contributed by atoms with E-state index < -0.39 is 0 Å². The quantitative estimate of drug-likeness (QED) is 0.327. The Hall–Kier alpha value is -3.80. The highest BCUT2D eigenvalue weighted by Gasteiger charge is 2.45. The molecule has 4 aromatic rings. The summed E-state index contributed by atoms with van der Waals surface area (Å²) in [5, 5.41) is 25.2. The topological polar surface area (TPSA) is 89.5 Å². The number of hydrogen-bond acceptors (Lipinski definition) is 7. The Balaban J connectivity index is 1.27. The Kier molecular flexibility index (Phi) is 5.48. The molecule has 6 heterocycles. The molecule has 2 aromatic carbocycles. The van der Waals surface area contributed by atoms with Crippen LogP contribution >= 0.6 is 0 Å². The molecule has 204 valence electrons. The summed E-state index contributed by atoms with van der Waals surface area (Å²) in [4.78, 5) is 10.1. The van der Waals surface area contributed by atoms with E-state index >= 15 is 0 Å². The third-order valence-electron chi connectivity index (χ3n) is 9.70. The highest BCUT2D eigenvalue weighted by Crippen LogP contribution is 2.42. The van der Waals surface area contributed by atoms with Gasteiger partial charge in [0.1, 0.15) is 23.6 Å². The molecule has 2 unspecified atom stereocenters. The van der Waals surface area contributed by atoms with Gasteiger partial charge in [0.2, 0.25) is 5.88 Å². The Bertz CT molecular complexity index is 1650. The molecular weight excluding hydrogens is 500 g/mol. The molecule has 2 aromatic heterocycles. The van der Waals surface area contributed by atoms with Gasteiger partial charge in [0.15, 0.2) is 5.82 Å². The van der Waals surface area contributed by atoms with E-state index in [1.54, 1.807) is 12.1 Å². The molecule has 8 heteroatoms. The minimum atomic E-state index is 0.132. The minimum Gasteiger partial charge on any atom is -0.508 e. The van der Waals surface area contributed by atoms with E-state index in [1.807, 2.05) is 24.3 Å². The molecule has 3 N–H and O–H groups in total. The number of aromatic amines is 1. The Morgan fingerprint density at radius 1 is 1.10 bits per heavy atom. The standard InChI is InChI=1S/C32H34N6O2/c1-2-20-6-3-7-21-14-24(39)15-25(28(20)21)29-26-16-27(40-19-32-10-4-12-38(32)13-5-11-32)34-31(30(26)36-35-29)37-17-22-8-9-23(18-37)33-22/h1,3,6-7,14-16,22-23,33,39H,4-5,8-13,17-19H2,(H,35,36). The summed E-state index contributed by atoms with van der Waals surface area (Å²) in [6, 6.07) is 12.3. The predicted molar refractivity (Wildman–Crippen MR) is 157 cm³/mol. The summed E-state index contributed by atoms with van der Waals surface area (Å²) in [5.74, 6) is 4.52. The van der Waals surface area contributed by atoms with Crippen molar-refractivity contribution < 1.29 is 9.84 Å². The second kappa shape index (κ2) is 9.12. The highest BCUT2D eigenvalue weighted by molar-refractivity contribution is 6.08. The summed E-state index contributed by atoms with van der Waals surface area (Å²) in [5.41, 5.74) is 3.34. The first-order valence-corrected chi connectivity index (χ1v) is 14.6. The van der Waals surface area contributed by atoms with Crippen LogP contribution in [0.3, 0.4) is 0 Å². The zero-order valence-corrected chi connectivity index (χ0v) is 22.6. The molecule has 8 rings (SSSR count). The maximum absolute atomic E-state index is 10.7. The van der Waals surface area contributed by atoms with Gasteiger partial charge in [-0.25, -0.2) is 0 Å². The van der Waals surface area contributed by atoms with Gasteiger partial charge >= 0.3 is 0 Å². The summed E-state index contributed by atoms with van der Waals surface area (Å²) >= 11 is 0. The van der Waals surface area contributed by atoms with Crippen LogP contribution in [0.15, 0.2) is 36.4 Å². The third kappa shape index (κ3) is 3.75. The van der Waals surface area contributed by atoms with Gasteiger partial charge in [-0.3, -0.25) is 10.00 Å². The maximum atomic E-state index is 10.7. The van der Waals surface area contributed by atoms with Gasteiger partial charge in [-0.05, 0) is 75.2 Å². The van der Waals surface area contributed by atoms with Gasteiger partial charge in [-0.15, -0.1) is 6.42 Å². The van der Waals surface area contributed by atoms with Crippen molar-refractivity contribution in [2.45, 2.75) is 56.1 Å². The van der Waals surface area contributed by atoms with Gasteiger partial charge in [0, 0.05) is 53.1 Å². The predicted octanol–water partition coefficient (Wildman–Crippen LogP) is 4.41. The van der Waals surface area contributed by atoms with Gasteiger partial charge in [-0.2, -0.15) is 10.1 Å². The molecule has 4 saturated heterocycles. The third-order valence-corrected chi connectivity index (χ3v) is 9.70. The normalized spacial score (nSPS) is 23.6. The lowest BCUT2D eigenvalue weighted by molar-refractivity contribution is 0.111. The van der Waals surface area contributed by atoms with Crippen LogP contribution in [0.4, 0.5) is 5.82 Å². The van der Waals surface area contributed by atoms with Crippen molar-refractivity contribution in [3.05, 3.63) is 42.0 Å². The van der Waals surface area contributed by atoms with Crippen LogP contribution in [-0.4, -0.2) is 75.6 Å². The number of phenolic OH excluding ortho intramolecular Hbond substituents is 1. The number of hydrogen-bond donors (Lipinski definition) is 3. The van der Waals surface area contributed by atoms with Crippen LogP contribution in [0.5, 0.6) is 11.6 Å². The number of anilines is 1. The van der Waals surface area contributed by atoms with Gasteiger partial charge in [0.25, 0.3) is 0 Å². The summed E-state index contributed by atoms with van der Waals surface area (Å²) in [6.45, 7) is 4.80. The van der Waals surface area contributed by atoms with Crippen molar-refractivity contribution in [1.29, 1.82) is 0 Å². The van der Waals surface area contributed by atoms with E-state index in [2.05, 4.69) is 26.1 Å². The maximum Gasteiger partial charge on any atom is 0.216 e. The van der Waals surface area contributed by atoms with E-state index in [9.17, 15) is 5.11 Å². The Morgan fingerprint density at radius 2 is 1.90 bits per heavy atom. The molecule has 0 radical (unpaired) electrons. The second-order valence-corrected chi connectivity index (χ2v) is 12.1. The zero-order chi connectivity index (χ0) is 26.8. The van der Waals surface area contributed by atoms with Crippen molar-refractivity contribution in [3.63, 3.8) is 0 Å². The number of terminal acetylenes is 1. The molecule has 0 spiro atoms. The van der Waals surface area contributed by atoms with Crippen LogP contribution in [0, 0.1) is 12.3 Å². The molecule has 40 heavy (non-hydrogen) atoms. The average Bonchev–Trinajstić information content (AvgIpc) is 3.73. The molecule has 0 amide bonds. The number of nitrogens with zero attached hydrogens (tertiary/aromatic N) is 4. The number of pyridine rings is 1. The van der Waals surface area contributed by atoms with Crippen molar-refractivity contribution in [3.8, 4) is 35.2 Å². The monoisotopic (exact) mass is 534 g/mol. The van der Waals surface area contributed by atoms with Crippen LogP contribution in [0.25, 0.3) is 32.9 Å². The first-order valence-electron chi connectivity index (χ1n) is 14.6. The zero-order valence-electron chi connectivity index (χ0n) is 22.6. The lowest BCUT2D eigenvalue weighted by Crippen LogP contribution is -2.51. The molecule has 4 fully saturated rings. The van der Waals surface area contributed by atoms with E-state index in [1.165, 1.54) is 51.6 Å². The summed E-state index contributed by atoms with van der Waals surface area (Å²) < 4.78 is 6.60. The lowest BCUT2D eigenvalue weighted by atomic mass is 9.95. The average molecular weight is 535 g/mol. The van der Waals surface area contributed by atoms with Crippen LogP contribution in [0.1, 0.15) is 44.1 Å². The number of phenols is 1. The van der Waals surface area contributed by atoms with Gasteiger partial charge in [-0.1, -0.05) is 18.1 Å². The first kappa shape index (κ1) is 24.0. The summed E-state index contributed by atoms with van der Waals surface area (Å²) in [7, 11) is 0. The fraction of sp³-hybridized carbons (Fsp3) is 0.438. The molecule has 4 aliphatic rings. The number of rotatable bonds is 5. The van der Waals surface area contributed by atoms with E-state index in [4.69, 9.17) is 21.2 Å². The molecule has 0 aliphatic carbocycles. The first-order chi connectivity index (χ1) is 19.6. The van der Waals surface area contributed by atoms with E-state index in [0.29, 0.717) is 24.6 Å². The van der Waals surface area contributed by atoms with Crippen LogP contribution in [-0.2, 0) is 0 Å². The largest absolute Gasteiger partial charge is 0.508 e. The Labute approximate surface area is 233 Å².